The van der Waals surface area contributed by atoms with E-state index in [2.05, 4.69) is 96.2 Å². The smallest absolute Gasteiger partial charge is 0.306 e. The molecule has 49 heavy (non-hydrogen) atoms. The Morgan fingerprint density at radius 1 is 0.796 bits per heavy atom. The molecule has 0 N–H and O–H groups in total. The summed E-state index contributed by atoms with van der Waals surface area (Å²) in [6, 6.07) is 0. The van der Waals surface area contributed by atoms with Crippen LogP contribution in [0.5, 0.6) is 0 Å². The Balaban J connectivity index is 1.13. The Hall–Kier alpha value is -1.83. The van der Waals surface area contributed by atoms with Crippen molar-refractivity contribution in [2.45, 2.75) is 182 Å². The first kappa shape index (κ1) is 39.9. The van der Waals surface area contributed by atoms with E-state index >= 15 is 0 Å². The quantitative estimate of drug-likeness (QED) is 0.0731. The van der Waals surface area contributed by atoms with Gasteiger partial charge in [0, 0.05) is 12.8 Å². The van der Waals surface area contributed by atoms with E-state index < -0.39 is 0 Å². The summed E-state index contributed by atoms with van der Waals surface area (Å²) in [5.74, 6) is 5.21. The molecule has 0 heterocycles. The van der Waals surface area contributed by atoms with E-state index in [1.807, 2.05) is 0 Å². The zero-order valence-electron chi connectivity index (χ0n) is 32.9. The van der Waals surface area contributed by atoms with E-state index in [1.54, 1.807) is 5.57 Å². The number of allylic oxidation sites excluding steroid dienone is 9. The van der Waals surface area contributed by atoms with E-state index in [9.17, 15) is 4.79 Å². The first-order chi connectivity index (χ1) is 23.7. The standard InChI is InChI=1S/C47H76O2/c1-7-8-9-10-11-12-13-14-15-16-17-18-19-20-21-22-23-27-45(48)49-40-32-34-46(5)39(36-40)28-29-41-43-31-30-42(38(4)26-24-25-37(2)3)47(43,6)35-33-44(41)46/h11-12,14-15,17-18,20-21,28,37-38,40-44H,7-10,13,16,19,22-27,29-36H2,1-6H3/b12-11+,15-14+,18-17+,21-20+. The molecule has 276 valence electrons. The molecule has 0 aromatic carbocycles. The highest BCUT2D eigenvalue weighted by atomic mass is 16.5. The van der Waals surface area contributed by atoms with Crippen LogP contribution in [0.1, 0.15) is 176 Å². The van der Waals surface area contributed by atoms with Crippen molar-refractivity contribution < 1.29 is 9.53 Å². The van der Waals surface area contributed by atoms with Gasteiger partial charge in [0.25, 0.3) is 0 Å². The van der Waals surface area contributed by atoms with Crippen LogP contribution in [-0.4, -0.2) is 12.1 Å². The topological polar surface area (TPSA) is 26.3 Å². The zero-order chi connectivity index (χ0) is 35.1. The number of ether oxygens (including phenoxy) is 1. The number of hydrogen-bond acceptors (Lipinski definition) is 2. The minimum absolute atomic E-state index is 0.00622. The Morgan fingerprint density at radius 2 is 1.47 bits per heavy atom. The zero-order valence-corrected chi connectivity index (χ0v) is 32.9. The molecule has 0 saturated heterocycles. The van der Waals surface area contributed by atoms with Crippen LogP contribution in [0.25, 0.3) is 0 Å². The molecule has 0 aromatic heterocycles. The summed E-state index contributed by atoms with van der Waals surface area (Å²) < 4.78 is 6.10. The molecule has 0 aromatic rings. The number of fused-ring (bicyclic) bond motifs is 5. The lowest BCUT2D eigenvalue weighted by Gasteiger charge is -2.58. The summed E-state index contributed by atoms with van der Waals surface area (Å²) in [5.41, 5.74) is 2.48. The van der Waals surface area contributed by atoms with Crippen LogP contribution in [0.15, 0.2) is 60.3 Å². The van der Waals surface area contributed by atoms with Crippen molar-refractivity contribution in [1.82, 2.24) is 0 Å². The van der Waals surface area contributed by atoms with Crippen molar-refractivity contribution in [1.29, 1.82) is 0 Å². The highest BCUT2D eigenvalue weighted by Crippen LogP contribution is 2.67. The van der Waals surface area contributed by atoms with Crippen LogP contribution in [0.3, 0.4) is 0 Å². The predicted octanol–water partition coefficient (Wildman–Crippen LogP) is 14.1. The van der Waals surface area contributed by atoms with Gasteiger partial charge in [0.05, 0.1) is 0 Å². The van der Waals surface area contributed by atoms with Crippen molar-refractivity contribution >= 4 is 5.97 Å². The Bertz CT molecular complexity index is 1140. The summed E-state index contributed by atoms with van der Waals surface area (Å²) in [7, 11) is 0. The van der Waals surface area contributed by atoms with Gasteiger partial charge in [0.15, 0.2) is 0 Å². The fourth-order valence-electron chi connectivity index (χ4n) is 10.9. The normalized spacial score (nSPS) is 32.2. The molecular formula is C47H76O2. The number of esters is 1. The Labute approximate surface area is 303 Å². The van der Waals surface area contributed by atoms with Gasteiger partial charge in [-0.1, -0.05) is 134 Å². The molecule has 4 aliphatic rings. The molecule has 0 radical (unpaired) electrons. The molecule has 0 amide bonds. The van der Waals surface area contributed by atoms with Gasteiger partial charge in [-0.2, -0.15) is 0 Å². The number of rotatable bonds is 20. The monoisotopic (exact) mass is 673 g/mol. The summed E-state index contributed by atoms with van der Waals surface area (Å²) in [6.45, 7) is 14.9. The van der Waals surface area contributed by atoms with E-state index in [0.29, 0.717) is 17.3 Å². The molecule has 8 unspecified atom stereocenters. The Morgan fingerprint density at radius 3 is 2.14 bits per heavy atom. The van der Waals surface area contributed by atoms with E-state index in [-0.39, 0.29) is 12.1 Å². The van der Waals surface area contributed by atoms with Crippen LogP contribution in [0.2, 0.25) is 0 Å². The maximum absolute atomic E-state index is 12.8. The third kappa shape index (κ3) is 11.3. The van der Waals surface area contributed by atoms with Gasteiger partial charge in [0.2, 0.25) is 0 Å². The fourth-order valence-corrected chi connectivity index (χ4v) is 10.9. The predicted molar refractivity (Wildman–Crippen MR) is 211 cm³/mol. The second-order valence-electron chi connectivity index (χ2n) is 17.6. The molecule has 0 aliphatic heterocycles. The molecular weight excluding hydrogens is 597 g/mol. The lowest BCUT2D eigenvalue weighted by molar-refractivity contribution is -0.151. The third-order valence-electron chi connectivity index (χ3n) is 13.8. The molecule has 4 rings (SSSR count). The molecule has 3 saturated carbocycles. The first-order valence-electron chi connectivity index (χ1n) is 21.2. The molecule has 3 fully saturated rings. The van der Waals surface area contributed by atoms with Crippen molar-refractivity contribution in [2.75, 3.05) is 0 Å². The molecule has 0 bridgehead atoms. The molecule has 2 nitrogen and oxygen atoms in total. The van der Waals surface area contributed by atoms with Crippen molar-refractivity contribution in [3.63, 3.8) is 0 Å². The van der Waals surface area contributed by atoms with Crippen LogP contribution in [-0.2, 0) is 9.53 Å². The summed E-state index contributed by atoms with van der Waals surface area (Å²) in [4.78, 5) is 12.8. The average molecular weight is 673 g/mol. The largest absolute Gasteiger partial charge is 0.462 e. The number of unbranched alkanes of at least 4 members (excludes halogenated alkanes) is 4. The van der Waals surface area contributed by atoms with Crippen molar-refractivity contribution in [3.05, 3.63) is 60.3 Å². The molecule has 2 heteroatoms. The third-order valence-corrected chi connectivity index (χ3v) is 13.8. The van der Waals surface area contributed by atoms with Gasteiger partial charge in [-0.15, -0.1) is 0 Å². The lowest BCUT2D eigenvalue weighted by Crippen LogP contribution is -2.51. The van der Waals surface area contributed by atoms with Gasteiger partial charge >= 0.3 is 5.97 Å². The van der Waals surface area contributed by atoms with Crippen LogP contribution in [0.4, 0.5) is 0 Å². The number of carbonyl (C=O) groups is 1. The van der Waals surface area contributed by atoms with Gasteiger partial charge in [-0.05, 0) is 136 Å². The van der Waals surface area contributed by atoms with Crippen LogP contribution >= 0.6 is 0 Å². The maximum Gasteiger partial charge on any atom is 0.306 e. The lowest BCUT2D eigenvalue weighted by atomic mass is 9.47. The second-order valence-corrected chi connectivity index (χ2v) is 17.6. The maximum atomic E-state index is 12.8. The van der Waals surface area contributed by atoms with Crippen molar-refractivity contribution in [3.8, 4) is 0 Å². The highest BCUT2D eigenvalue weighted by molar-refractivity contribution is 5.69. The summed E-state index contributed by atoms with van der Waals surface area (Å²) in [5, 5.41) is 0. The SMILES string of the molecule is CCCCC/C=C/C/C=C/C/C=C/C/C=C/CCCC(=O)OC1CCC2(C)C(=CCC3C2CCC2(C)C(C(C)CCCC(C)C)CCC32)C1. The minimum atomic E-state index is 0.00622. The van der Waals surface area contributed by atoms with Crippen molar-refractivity contribution in [2.24, 2.45) is 46.3 Å². The van der Waals surface area contributed by atoms with E-state index in [4.69, 9.17) is 4.74 Å². The fraction of sp³-hybridized carbons (Fsp3) is 0.766. The van der Waals surface area contributed by atoms with Gasteiger partial charge < -0.3 is 4.74 Å². The Kier molecular flexibility index (Phi) is 16.5. The summed E-state index contributed by atoms with van der Waals surface area (Å²) in [6.07, 6.45) is 45.7. The van der Waals surface area contributed by atoms with Gasteiger partial charge in [-0.25, -0.2) is 0 Å². The minimum Gasteiger partial charge on any atom is -0.462 e. The van der Waals surface area contributed by atoms with Gasteiger partial charge in [-0.3, -0.25) is 4.79 Å². The van der Waals surface area contributed by atoms with E-state index in [0.717, 1.165) is 80.5 Å². The number of hydrogen-bond donors (Lipinski definition) is 0. The highest BCUT2D eigenvalue weighted by Gasteiger charge is 2.59. The second kappa shape index (κ2) is 20.3. The first-order valence-corrected chi connectivity index (χ1v) is 21.2. The number of carbonyl (C=O) groups excluding carboxylic acids is 1. The van der Waals surface area contributed by atoms with E-state index in [1.165, 1.54) is 83.5 Å². The van der Waals surface area contributed by atoms with Gasteiger partial charge in [0.1, 0.15) is 6.10 Å². The average Bonchev–Trinajstić information content (AvgIpc) is 3.43. The molecule has 0 spiro atoms. The van der Waals surface area contributed by atoms with Crippen LogP contribution < -0.4 is 0 Å². The molecule has 4 aliphatic carbocycles. The molecule has 8 atom stereocenters. The summed E-state index contributed by atoms with van der Waals surface area (Å²) >= 11 is 0. The van der Waals surface area contributed by atoms with Crippen LogP contribution in [0, 0.1) is 46.3 Å².